The third-order valence-corrected chi connectivity index (χ3v) is 14.7. The fourth-order valence-corrected chi connectivity index (χ4v) is 9.76. The molecule has 0 heterocycles. The predicted octanol–water partition coefficient (Wildman–Crippen LogP) is 18.0. The number of hydrogen-bond acceptors (Lipinski definition) is 5. The molecule has 8 nitrogen and oxygen atoms in total. The van der Waals surface area contributed by atoms with Crippen LogP contribution in [0.5, 0.6) is 0 Å². The Hall–Kier alpha value is -1.02. The standard InChI is InChI=1S/C59H117N2O6P/c1-6-8-10-12-14-16-18-20-21-22-23-24-25-26-27-28-29-30-31-32-33-34-35-36-37-38-39-41-43-45-47-49-51-53-59(63)60-57(56-67-68(64,65)66-55-54-61(3,4)5)58(62)52-50-48-46-44-42-40-19-17-15-13-11-9-7-2/h23-24,26-27,57-58,62H,6-22,25,28-56H2,1-5H3,(H-,60,63,64,65)/p+1/b24-23-,27-26-. The summed E-state index contributed by atoms with van der Waals surface area (Å²) in [7, 11) is 1.63. The zero-order chi connectivity index (χ0) is 49.9. The van der Waals surface area contributed by atoms with Crippen molar-refractivity contribution in [1.82, 2.24) is 5.32 Å². The lowest BCUT2D eigenvalue weighted by Gasteiger charge is -2.26. The molecule has 0 spiro atoms. The number of allylic oxidation sites excluding steroid dienone is 4. The number of aliphatic hydroxyl groups is 1. The van der Waals surface area contributed by atoms with Crippen LogP contribution in [0.2, 0.25) is 0 Å². The smallest absolute Gasteiger partial charge is 0.391 e. The second-order valence-electron chi connectivity index (χ2n) is 21.7. The summed E-state index contributed by atoms with van der Waals surface area (Å²) < 4.78 is 23.7. The number of aliphatic hydroxyl groups excluding tert-OH is 1. The number of nitrogens with one attached hydrogen (secondary N) is 1. The molecule has 404 valence electrons. The monoisotopic (exact) mass is 982 g/mol. The van der Waals surface area contributed by atoms with Gasteiger partial charge in [0.25, 0.3) is 0 Å². The van der Waals surface area contributed by atoms with E-state index in [1.165, 1.54) is 225 Å². The number of quaternary nitrogens is 1. The van der Waals surface area contributed by atoms with E-state index in [0.717, 1.165) is 44.9 Å². The van der Waals surface area contributed by atoms with Crippen LogP contribution in [0.4, 0.5) is 0 Å². The SMILES string of the molecule is CCCCCCCCCCC/C=C\C/C=C\CCCCCCCCCCCCCCCCCCCC(=O)NC(COP(=O)(O)OCC[N+](C)(C)C)C(O)CCCCCCCCCCCCCCC. The Bertz CT molecular complexity index is 1160. The molecule has 1 amide bonds. The molecule has 0 aromatic carbocycles. The van der Waals surface area contributed by atoms with Crippen LogP contribution in [0.25, 0.3) is 0 Å². The van der Waals surface area contributed by atoms with Gasteiger partial charge in [0.2, 0.25) is 5.91 Å². The average molecular weight is 983 g/mol. The third kappa shape index (κ3) is 52.8. The number of phosphoric acid groups is 1. The molecule has 0 fully saturated rings. The molecule has 9 heteroatoms. The summed E-state index contributed by atoms with van der Waals surface area (Å²) in [6, 6.07) is -0.757. The van der Waals surface area contributed by atoms with Crippen LogP contribution in [0, 0.1) is 0 Å². The van der Waals surface area contributed by atoms with Crippen molar-refractivity contribution < 1.29 is 32.9 Å². The number of nitrogens with zero attached hydrogens (tertiary/aromatic N) is 1. The topological polar surface area (TPSA) is 105 Å². The largest absolute Gasteiger partial charge is 0.472 e. The number of rotatable bonds is 55. The van der Waals surface area contributed by atoms with Crippen molar-refractivity contribution in [1.29, 1.82) is 0 Å². The van der Waals surface area contributed by atoms with Gasteiger partial charge in [-0.2, -0.15) is 0 Å². The molecule has 0 saturated carbocycles. The van der Waals surface area contributed by atoms with Crippen molar-refractivity contribution in [3.63, 3.8) is 0 Å². The molecule has 3 unspecified atom stereocenters. The Labute approximate surface area is 424 Å². The van der Waals surface area contributed by atoms with Gasteiger partial charge in [-0.25, -0.2) is 4.57 Å². The molecule has 0 rings (SSSR count). The van der Waals surface area contributed by atoms with Crippen LogP contribution in [-0.4, -0.2) is 73.4 Å². The molecule has 0 aliphatic rings. The molecule has 3 N–H and O–H groups in total. The van der Waals surface area contributed by atoms with Crippen LogP contribution in [0.15, 0.2) is 24.3 Å². The first-order valence-corrected chi connectivity index (χ1v) is 31.2. The van der Waals surface area contributed by atoms with E-state index in [-0.39, 0.29) is 19.1 Å². The van der Waals surface area contributed by atoms with Gasteiger partial charge in [-0.15, -0.1) is 0 Å². The number of phosphoric ester groups is 1. The van der Waals surface area contributed by atoms with E-state index in [4.69, 9.17) is 9.05 Å². The van der Waals surface area contributed by atoms with Gasteiger partial charge in [0.05, 0.1) is 39.9 Å². The molecule has 0 aliphatic carbocycles. The van der Waals surface area contributed by atoms with E-state index >= 15 is 0 Å². The minimum atomic E-state index is -4.32. The Balaban J connectivity index is 3.97. The first-order chi connectivity index (χ1) is 33.0. The maximum absolute atomic E-state index is 13.0. The Morgan fingerprint density at radius 2 is 0.838 bits per heavy atom. The van der Waals surface area contributed by atoms with Gasteiger partial charge < -0.3 is 19.8 Å². The molecular weight excluding hydrogens is 864 g/mol. The number of carbonyl (C=O) groups is 1. The molecule has 0 aliphatic heterocycles. The van der Waals surface area contributed by atoms with Gasteiger partial charge in [-0.1, -0.05) is 269 Å². The molecule has 68 heavy (non-hydrogen) atoms. The number of unbranched alkanes of at least 4 members (excludes halogenated alkanes) is 38. The van der Waals surface area contributed by atoms with Crippen molar-refractivity contribution in [2.45, 2.75) is 309 Å². The van der Waals surface area contributed by atoms with Gasteiger partial charge in [0.1, 0.15) is 13.2 Å². The van der Waals surface area contributed by atoms with Crippen molar-refractivity contribution >= 4 is 13.7 Å². The lowest BCUT2D eigenvalue weighted by Crippen LogP contribution is -2.46. The summed E-state index contributed by atoms with van der Waals surface area (Å²) in [4.78, 5) is 23.3. The van der Waals surface area contributed by atoms with Crippen LogP contribution in [0.1, 0.15) is 296 Å². The number of hydrogen-bond donors (Lipinski definition) is 3. The number of likely N-dealkylation sites (N-methyl/N-ethyl adjacent to an activating group) is 1. The Kier molecular flexibility index (Phi) is 50.1. The lowest BCUT2D eigenvalue weighted by atomic mass is 10.0. The van der Waals surface area contributed by atoms with E-state index in [2.05, 4.69) is 43.5 Å². The van der Waals surface area contributed by atoms with Gasteiger partial charge in [-0.3, -0.25) is 13.8 Å². The van der Waals surface area contributed by atoms with E-state index < -0.39 is 20.0 Å². The summed E-state index contributed by atoms with van der Waals surface area (Å²) in [6.45, 7) is 4.92. The van der Waals surface area contributed by atoms with Crippen LogP contribution in [-0.2, 0) is 18.4 Å². The molecule has 0 radical (unpaired) electrons. The van der Waals surface area contributed by atoms with Gasteiger partial charge >= 0.3 is 7.82 Å². The van der Waals surface area contributed by atoms with Crippen LogP contribution >= 0.6 is 7.82 Å². The first kappa shape index (κ1) is 67.0. The zero-order valence-electron chi connectivity index (χ0n) is 46.1. The van der Waals surface area contributed by atoms with Crippen molar-refractivity contribution in [2.75, 3.05) is 40.9 Å². The molecule has 0 aromatic heterocycles. The van der Waals surface area contributed by atoms with Gasteiger partial charge in [0.15, 0.2) is 0 Å². The normalized spacial score (nSPS) is 14.0. The predicted molar refractivity (Wildman–Crippen MR) is 295 cm³/mol. The number of amides is 1. The second-order valence-corrected chi connectivity index (χ2v) is 23.2. The van der Waals surface area contributed by atoms with E-state index in [1.807, 2.05) is 21.1 Å². The Morgan fingerprint density at radius 1 is 0.500 bits per heavy atom. The van der Waals surface area contributed by atoms with Crippen LogP contribution < -0.4 is 5.32 Å². The quantitative estimate of drug-likeness (QED) is 0.0243. The molecular formula is C59H118N2O6P+. The van der Waals surface area contributed by atoms with E-state index in [1.54, 1.807) is 0 Å². The van der Waals surface area contributed by atoms with Crippen molar-refractivity contribution in [3.05, 3.63) is 24.3 Å². The summed E-state index contributed by atoms with van der Waals surface area (Å²) in [5, 5.41) is 14.0. The summed E-state index contributed by atoms with van der Waals surface area (Å²) in [6.07, 6.45) is 63.9. The first-order valence-electron chi connectivity index (χ1n) is 29.7. The summed E-state index contributed by atoms with van der Waals surface area (Å²) in [5.74, 6) is -0.140. The summed E-state index contributed by atoms with van der Waals surface area (Å²) in [5.41, 5.74) is 0. The number of carbonyl (C=O) groups excluding carboxylic acids is 1. The molecule has 0 aromatic rings. The van der Waals surface area contributed by atoms with Gasteiger partial charge in [0, 0.05) is 6.42 Å². The maximum Gasteiger partial charge on any atom is 0.472 e. The highest BCUT2D eigenvalue weighted by molar-refractivity contribution is 7.47. The lowest BCUT2D eigenvalue weighted by molar-refractivity contribution is -0.870. The highest BCUT2D eigenvalue weighted by atomic mass is 31.2. The van der Waals surface area contributed by atoms with E-state index in [0.29, 0.717) is 23.9 Å². The zero-order valence-corrected chi connectivity index (χ0v) is 47.0. The van der Waals surface area contributed by atoms with Crippen LogP contribution in [0.3, 0.4) is 0 Å². The Morgan fingerprint density at radius 3 is 1.21 bits per heavy atom. The van der Waals surface area contributed by atoms with Gasteiger partial charge in [-0.05, 0) is 44.9 Å². The van der Waals surface area contributed by atoms with Crippen molar-refractivity contribution in [3.8, 4) is 0 Å². The molecule has 0 saturated heterocycles. The second kappa shape index (κ2) is 50.9. The summed E-state index contributed by atoms with van der Waals surface area (Å²) >= 11 is 0. The highest BCUT2D eigenvalue weighted by Crippen LogP contribution is 2.43. The minimum absolute atomic E-state index is 0.0767. The molecule has 3 atom stereocenters. The fourth-order valence-electron chi connectivity index (χ4n) is 9.02. The molecule has 0 bridgehead atoms. The van der Waals surface area contributed by atoms with Crippen molar-refractivity contribution in [2.24, 2.45) is 0 Å². The fraction of sp³-hybridized carbons (Fsp3) is 0.915. The van der Waals surface area contributed by atoms with E-state index in [9.17, 15) is 19.4 Å². The highest BCUT2D eigenvalue weighted by Gasteiger charge is 2.28. The average Bonchev–Trinajstić information content (AvgIpc) is 3.30. The minimum Gasteiger partial charge on any atom is -0.391 e. The third-order valence-electron chi connectivity index (χ3n) is 13.7. The maximum atomic E-state index is 13.0.